The fourth-order valence-corrected chi connectivity index (χ4v) is 2.68. The monoisotopic (exact) mass is 292 g/mol. The molecule has 1 aliphatic rings. The highest BCUT2D eigenvalue weighted by atomic mass is 16.2. The Morgan fingerprint density at radius 1 is 1.48 bits per heavy atom. The SMILES string of the molecule is Cc1cc(CNC(=O)[C@@H]2CC(=O)N(C(C)(C)C)C2)n(C)n1. The van der Waals surface area contributed by atoms with Crippen LogP contribution >= 0.6 is 0 Å². The Bertz CT molecular complexity index is 557. The smallest absolute Gasteiger partial charge is 0.225 e. The zero-order valence-corrected chi connectivity index (χ0v) is 13.4. The minimum atomic E-state index is -0.258. The van der Waals surface area contributed by atoms with Gasteiger partial charge in [-0.25, -0.2) is 0 Å². The molecule has 1 atom stereocenters. The summed E-state index contributed by atoms with van der Waals surface area (Å²) in [6.07, 6.45) is 0.299. The second kappa shape index (κ2) is 5.50. The van der Waals surface area contributed by atoms with E-state index in [4.69, 9.17) is 0 Å². The summed E-state index contributed by atoms with van der Waals surface area (Å²) >= 11 is 0. The number of nitrogens with zero attached hydrogens (tertiary/aromatic N) is 3. The molecule has 6 heteroatoms. The van der Waals surface area contributed by atoms with Crippen LogP contribution in [0.2, 0.25) is 0 Å². The highest BCUT2D eigenvalue weighted by Gasteiger charge is 2.39. The van der Waals surface area contributed by atoms with Crippen LogP contribution in [0.15, 0.2) is 6.07 Å². The molecule has 1 fully saturated rings. The maximum atomic E-state index is 12.2. The third-order valence-corrected chi connectivity index (χ3v) is 3.85. The summed E-state index contributed by atoms with van der Waals surface area (Å²) in [7, 11) is 1.86. The summed E-state index contributed by atoms with van der Waals surface area (Å²) in [6.45, 7) is 8.83. The molecule has 0 spiro atoms. The van der Waals surface area contributed by atoms with Crippen molar-refractivity contribution in [2.45, 2.75) is 46.2 Å². The van der Waals surface area contributed by atoms with E-state index in [1.165, 1.54) is 0 Å². The lowest BCUT2D eigenvalue weighted by Gasteiger charge is -2.31. The van der Waals surface area contributed by atoms with Crippen molar-refractivity contribution in [1.82, 2.24) is 20.0 Å². The number of carbonyl (C=O) groups excluding carboxylic acids is 2. The van der Waals surface area contributed by atoms with Crippen LogP contribution in [-0.2, 0) is 23.2 Å². The van der Waals surface area contributed by atoms with Gasteiger partial charge in [-0.2, -0.15) is 5.10 Å². The number of aromatic nitrogens is 2. The predicted molar refractivity (Wildman–Crippen MR) is 79.4 cm³/mol. The Morgan fingerprint density at radius 2 is 2.14 bits per heavy atom. The van der Waals surface area contributed by atoms with Gasteiger partial charge in [0.1, 0.15) is 0 Å². The molecule has 21 heavy (non-hydrogen) atoms. The van der Waals surface area contributed by atoms with E-state index in [1.807, 2.05) is 40.8 Å². The predicted octanol–water partition coefficient (Wildman–Crippen LogP) is 0.992. The van der Waals surface area contributed by atoms with Crippen molar-refractivity contribution in [1.29, 1.82) is 0 Å². The van der Waals surface area contributed by atoms with Crippen LogP contribution in [0.4, 0.5) is 0 Å². The molecule has 2 heterocycles. The van der Waals surface area contributed by atoms with E-state index < -0.39 is 0 Å². The Labute approximate surface area is 125 Å². The number of hydrogen-bond acceptors (Lipinski definition) is 3. The van der Waals surface area contributed by atoms with Gasteiger partial charge >= 0.3 is 0 Å². The van der Waals surface area contributed by atoms with Crippen molar-refractivity contribution < 1.29 is 9.59 Å². The van der Waals surface area contributed by atoms with E-state index in [0.29, 0.717) is 19.5 Å². The average Bonchev–Trinajstić information content (AvgIpc) is 2.89. The van der Waals surface area contributed by atoms with Crippen molar-refractivity contribution in [3.05, 3.63) is 17.5 Å². The van der Waals surface area contributed by atoms with Gasteiger partial charge in [0, 0.05) is 25.6 Å². The summed E-state index contributed by atoms with van der Waals surface area (Å²) in [5.41, 5.74) is 1.65. The van der Waals surface area contributed by atoms with Crippen molar-refractivity contribution in [3.8, 4) is 0 Å². The first kappa shape index (κ1) is 15.5. The van der Waals surface area contributed by atoms with Crippen LogP contribution in [0.1, 0.15) is 38.6 Å². The molecule has 0 radical (unpaired) electrons. The van der Waals surface area contributed by atoms with Gasteiger partial charge in [-0.3, -0.25) is 14.3 Å². The standard InChI is InChI=1S/C15H24N4O2/c1-10-6-12(18(5)17-10)8-16-14(21)11-7-13(20)19(9-11)15(2,3)4/h6,11H,7-9H2,1-5H3,(H,16,21)/t11-/m1/s1. The molecule has 1 aromatic rings. The van der Waals surface area contributed by atoms with Gasteiger partial charge < -0.3 is 10.2 Å². The number of rotatable bonds is 3. The number of likely N-dealkylation sites (tertiary alicyclic amines) is 1. The molecule has 6 nitrogen and oxygen atoms in total. The lowest BCUT2D eigenvalue weighted by molar-refractivity contribution is -0.132. The van der Waals surface area contributed by atoms with Gasteiger partial charge in [-0.15, -0.1) is 0 Å². The molecular weight excluding hydrogens is 268 g/mol. The van der Waals surface area contributed by atoms with E-state index in [1.54, 1.807) is 9.58 Å². The third kappa shape index (κ3) is 3.43. The molecule has 1 N–H and O–H groups in total. The number of aryl methyl sites for hydroxylation is 2. The highest BCUT2D eigenvalue weighted by Crippen LogP contribution is 2.25. The molecule has 0 aliphatic carbocycles. The van der Waals surface area contributed by atoms with E-state index in [9.17, 15) is 9.59 Å². The number of amides is 2. The van der Waals surface area contributed by atoms with Gasteiger partial charge in [0.2, 0.25) is 11.8 Å². The lowest BCUT2D eigenvalue weighted by atomic mass is 10.1. The van der Waals surface area contributed by atoms with Crippen LogP contribution < -0.4 is 5.32 Å². The maximum absolute atomic E-state index is 12.2. The zero-order chi connectivity index (χ0) is 15.8. The fraction of sp³-hybridized carbons (Fsp3) is 0.667. The van der Waals surface area contributed by atoms with Crippen LogP contribution in [0, 0.1) is 12.8 Å². The van der Waals surface area contributed by atoms with Crippen LogP contribution in [0.3, 0.4) is 0 Å². The van der Waals surface area contributed by atoms with Gasteiger partial charge in [-0.05, 0) is 33.8 Å². The van der Waals surface area contributed by atoms with Crippen molar-refractivity contribution in [3.63, 3.8) is 0 Å². The van der Waals surface area contributed by atoms with Crippen molar-refractivity contribution in [2.24, 2.45) is 13.0 Å². The summed E-state index contributed by atoms with van der Waals surface area (Å²) in [4.78, 5) is 26.0. The third-order valence-electron chi connectivity index (χ3n) is 3.85. The highest BCUT2D eigenvalue weighted by molar-refractivity contribution is 5.89. The Morgan fingerprint density at radius 3 is 2.62 bits per heavy atom. The largest absolute Gasteiger partial charge is 0.350 e. The van der Waals surface area contributed by atoms with Crippen LogP contribution in [0.5, 0.6) is 0 Å². The molecule has 0 aromatic carbocycles. The zero-order valence-electron chi connectivity index (χ0n) is 13.4. The Balaban J connectivity index is 1.93. The van der Waals surface area contributed by atoms with Crippen LogP contribution in [-0.4, -0.2) is 38.6 Å². The van der Waals surface area contributed by atoms with E-state index in [2.05, 4.69) is 10.4 Å². The van der Waals surface area contributed by atoms with Gasteiger partial charge in [0.15, 0.2) is 0 Å². The minimum Gasteiger partial charge on any atom is -0.350 e. The summed E-state index contributed by atoms with van der Waals surface area (Å²) in [5.74, 6) is -0.265. The Kier molecular flexibility index (Phi) is 4.07. The van der Waals surface area contributed by atoms with Crippen LogP contribution in [0.25, 0.3) is 0 Å². The minimum absolute atomic E-state index is 0.0547. The first-order valence-corrected chi connectivity index (χ1v) is 7.26. The molecule has 0 bridgehead atoms. The molecule has 2 amide bonds. The number of carbonyl (C=O) groups is 2. The van der Waals surface area contributed by atoms with E-state index in [-0.39, 0.29) is 23.3 Å². The molecule has 0 unspecified atom stereocenters. The van der Waals surface area contributed by atoms with E-state index in [0.717, 1.165) is 11.4 Å². The van der Waals surface area contributed by atoms with Gasteiger partial charge in [0.25, 0.3) is 0 Å². The summed E-state index contributed by atoms with van der Waals surface area (Å²) in [5, 5.41) is 7.15. The summed E-state index contributed by atoms with van der Waals surface area (Å²) in [6, 6.07) is 1.95. The second-order valence-electron chi connectivity index (χ2n) is 6.69. The topological polar surface area (TPSA) is 67.2 Å². The molecule has 2 rings (SSSR count). The maximum Gasteiger partial charge on any atom is 0.225 e. The molecule has 0 saturated carbocycles. The number of nitrogens with one attached hydrogen (secondary N) is 1. The Hall–Kier alpha value is -1.85. The normalized spacial score (nSPS) is 19.2. The first-order valence-electron chi connectivity index (χ1n) is 7.26. The average molecular weight is 292 g/mol. The quantitative estimate of drug-likeness (QED) is 0.903. The molecule has 1 aliphatic heterocycles. The second-order valence-corrected chi connectivity index (χ2v) is 6.69. The van der Waals surface area contributed by atoms with Crippen molar-refractivity contribution >= 4 is 11.8 Å². The molecular formula is C15H24N4O2. The number of hydrogen-bond donors (Lipinski definition) is 1. The van der Waals surface area contributed by atoms with E-state index >= 15 is 0 Å². The fourth-order valence-electron chi connectivity index (χ4n) is 2.68. The molecule has 116 valence electrons. The summed E-state index contributed by atoms with van der Waals surface area (Å²) < 4.78 is 1.76. The molecule has 1 aromatic heterocycles. The van der Waals surface area contributed by atoms with Crippen molar-refractivity contribution in [2.75, 3.05) is 6.54 Å². The van der Waals surface area contributed by atoms with Gasteiger partial charge in [0.05, 0.1) is 23.9 Å². The molecule has 1 saturated heterocycles. The lowest BCUT2D eigenvalue weighted by Crippen LogP contribution is -2.43. The van der Waals surface area contributed by atoms with Gasteiger partial charge in [-0.1, -0.05) is 0 Å². The first-order chi connectivity index (χ1) is 9.68.